The molecule has 0 spiro atoms. The Bertz CT molecular complexity index is 1340. The van der Waals surface area contributed by atoms with E-state index in [1.54, 1.807) is 6.92 Å². The van der Waals surface area contributed by atoms with Gasteiger partial charge in [-0.15, -0.1) is 0 Å². The molecule has 1 aliphatic rings. The summed E-state index contributed by atoms with van der Waals surface area (Å²) < 4.78 is 5.91. The maximum atomic E-state index is 12.9. The van der Waals surface area contributed by atoms with Gasteiger partial charge in [0.05, 0.1) is 10.6 Å². The van der Waals surface area contributed by atoms with Crippen LogP contribution in [0, 0.1) is 30.9 Å². The predicted octanol–water partition coefficient (Wildman–Crippen LogP) is 4.84. The van der Waals surface area contributed by atoms with E-state index in [0.717, 1.165) is 23.1 Å². The molecular weight excluding hydrogens is 436 g/mol. The number of rotatable bonds is 5. The third-order valence-electron chi connectivity index (χ3n) is 5.91. The van der Waals surface area contributed by atoms with E-state index >= 15 is 0 Å². The summed E-state index contributed by atoms with van der Waals surface area (Å²) in [5.41, 5.74) is 7.29. The molecular formula is C25H24N4O5. The molecule has 2 N–H and O–H groups in total. The molecule has 1 heterocycles. The molecule has 0 saturated carbocycles. The molecule has 2 amide bonds. The summed E-state index contributed by atoms with van der Waals surface area (Å²) in [6, 6.07) is 11.1. The molecule has 0 aliphatic heterocycles. The third-order valence-corrected chi connectivity index (χ3v) is 5.91. The molecule has 0 bridgehead atoms. The zero-order valence-corrected chi connectivity index (χ0v) is 19.1. The number of carbonyl (C=O) groups excluding carboxylic acids is 2. The van der Waals surface area contributed by atoms with Gasteiger partial charge in [0, 0.05) is 40.9 Å². The first-order valence-electron chi connectivity index (χ1n) is 10.9. The fourth-order valence-electron chi connectivity index (χ4n) is 3.95. The zero-order valence-electron chi connectivity index (χ0n) is 19.1. The normalized spacial score (nSPS) is 13.9. The van der Waals surface area contributed by atoms with Crippen molar-refractivity contribution < 1.29 is 18.9 Å². The molecule has 3 aromatic rings. The Morgan fingerprint density at radius 1 is 1.03 bits per heavy atom. The maximum absolute atomic E-state index is 12.9. The number of nitrogens with one attached hydrogen (secondary N) is 2. The summed E-state index contributed by atoms with van der Waals surface area (Å²) in [7, 11) is 0. The molecule has 174 valence electrons. The molecule has 2 aromatic carbocycles. The van der Waals surface area contributed by atoms with Crippen molar-refractivity contribution >= 4 is 28.9 Å². The van der Waals surface area contributed by atoms with Gasteiger partial charge in [-0.05, 0) is 62.9 Å². The lowest BCUT2D eigenvalue weighted by Crippen LogP contribution is -2.22. The molecule has 0 radical (unpaired) electrons. The number of nitrogens with zero attached hydrogens (tertiary/aromatic N) is 2. The Kier molecular flexibility index (Phi) is 6.27. The monoisotopic (exact) mass is 460 g/mol. The van der Waals surface area contributed by atoms with Crippen LogP contribution in [0.15, 0.2) is 52.0 Å². The lowest BCUT2D eigenvalue weighted by atomic mass is 9.93. The average Bonchev–Trinajstić information content (AvgIpc) is 3.17. The van der Waals surface area contributed by atoms with Gasteiger partial charge in [-0.1, -0.05) is 12.1 Å². The van der Waals surface area contributed by atoms with Gasteiger partial charge in [-0.2, -0.15) is 5.10 Å². The topological polar surface area (TPSA) is 127 Å². The standard InChI is InChI=1S/C25H24N4O5/c1-14-10-11-18(12-15(14)2)26-25(31)23-16(3)22-20(8-5-9-21(22)34-23)27-28-24(30)17-6-4-7-19(13-17)29(32)33/h4,6-7,10-13H,5,8-9H2,1-3H3,(H,26,31)(H,28,30)/b27-20+. The second-order valence-electron chi connectivity index (χ2n) is 8.27. The van der Waals surface area contributed by atoms with Gasteiger partial charge in [-0.3, -0.25) is 19.7 Å². The van der Waals surface area contributed by atoms with E-state index in [-0.39, 0.29) is 22.9 Å². The van der Waals surface area contributed by atoms with Crippen molar-refractivity contribution in [1.82, 2.24) is 5.43 Å². The number of amides is 2. The number of carbonyl (C=O) groups is 2. The number of hydrogen-bond acceptors (Lipinski definition) is 6. The summed E-state index contributed by atoms with van der Waals surface area (Å²) in [5.74, 6) is -0.0486. The fraction of sp³-hybridized carbons (Fsp3) is 0.240. The number of nitro groups is 1. The Balaban J connectivity index is 1.56. The first-order valence-corrected chi connectivity index (χ1v) is 10.9. The summed E-state index contributed by atoms with van der Waals surface area (Å²) in [6.45, 7) is 5.78. The maximum Gasteiger partial charge on any atom is 0.291 e. The number of benzene rings is 2. The number of nitro benzene ring substituents is 1. The van der Waals surface area contributed by atoms with Crippen LogP contribution in [0.1, 0.15) is 61.8 Å². The first kappa shape index (κ1) is 22.9. The van der Waals surface area contributed by atoms with E-state index in [1.807, 2.05) is 32.0 Å². The summed E-state index contributed by atoms with van der Waals surface area (Å²) in [4.78, 5) is 35.8. The van der Waals surface area contributed by atoms with Gasteiger partial charge >= 0.3 is 0 Å². The van der Waals surface area contributed by atoms with Crippen LogP contribution in [0.5, 0.6) is 0 Å². The number of aryl methyl sites for hydroxylation is 3. The van der Waals surface area contributed by atoms with Crippen LogP contribution >= 0.6 is 0 Å². The quantitative estimate of drug-likeness (QED) is 0.416. The SMILES string of the molecule is Cc1ccc(NC(=O)c2oc3c(c2C)/C(=N/NC(=O)c2cccc([N+](=O)[O-])c2)CCC3)cc1C. The largest absolute Gasteiger partial charge is 0.455 e. The van der Waals surface area contributed by atoms with Crippen molar-refractivity contribution in [3.05, 3.63) is 91.9 Å². The van der Waals surface area contributed by atoms with Crippen molar-refractivity contribution in [2.75, 3.05) is 5.32 Å². The minimum Gasteiger partial charge on any atom is -0.455 e. The highest BCUT2D eigenvalue weighted by atomic mass is 16.6. The first-order chi connectivity index (χ1) is 16.2. The van der Waals surface area contributed by atoms with Gasteiger partial charge in [0.25, 0.3) is 17.5 Å². The Labute approximate surface area is 196 Å². The van der Waals surface area contributed by atoms with Crippen LogP contribution < -0.4 is 10.7 Å². The highest BCUT2D eigenvalue weighted by molar-refractivity contribution is 6.09. The number of non-ortho nitro benzene ring substituents is 1. The van der Waals surface area contributed by atoms with Crippen LogP contribution in [-0.2, 0) is 6.42 Å². The summed E-state index contributed by atoms with van der Waals surface area (Å²) in [5, 5.41) is 18.1. The van der Waals surface area contributed by atoms with Gasteiger partial charge in [0.1, 0.15) is 5.76 Å². The van der Waals surface area contributed by atoms with Gasteiger partial charge < -0.3 is 9.73 Å². The summed E-state index contributed by atoms with van der Waals surface area (Å²) in [6.07, 6.45) is 2.01. The van der Waals surface area contributed by atoms with E-state index in [4.69, 9.17) is 4.42 Å². The third kappa shape index (κ3) is 4.59. The van der Waals surface area contributed by atoms with Gasteiger partial charge in [-0.25, -0.2) is 5.43 Å². The minimum absolute atomic E-state index is 0.131. The van der Waals surface area contributed by atoms with Gasteiger partial charge in [0.15, 0.2) is 5.76 Å². The van der Waals surface area contributed by atoms with E-state index < -0.39 is 10.8 Å². The van der Waals surface area contributed by atoms with Crippen molar-refractivity contribution in [1.29, 1.82) is 0 Å². The highest BCUT2D eigenvalue weighted by Crippen LogP contribution is 2.30. The van der Waals surface area contributed by atoms with Crippen molar-refractivity contribution in [2.24, 2.45) is 5.10 Å². The molecule has 34 heavy (non-hydrogen) atoms. The fourth-order valence-corrected chi connectivity index (χ4v) is 3.95. The minimum atomic E-state index is -0.560. The second-order valence-corrected chi connectivity index (χ2v) is 8.27. The van der Waals surface area contributed by atoms with E-state index in [2.05, 4.69) is 15.8 Å². The number of hydrazone groups is 1. The summed E-state index contributed by atoms with van der Waals surface area (Å²) >= 11 is 0. The Morgan fingerprint density at radius 3 is 2.56 bits per heavy atom. The van der Waals surface area contributed by atoms with E-state index in [0.29, 0.717) is 35.6 Å². The lowest BCUT2D eigenvalue weighted by molar-refractivity contribution is -0.384. The molecule has 1 aromatic heterocycles. The second kappa shape index (κ2) is 9.30. The molecule has 0 fully saturated rings. The molecule has 9 heteroatoms. The van der Waals surface area contributed by atoms with Crippen molar-refractivity contribution in [2.45, 2.75) is 40.0 Å². The average molecular weight is 460 g/mol. The molecule has 4 rings (SSSR count). The van der Waals surface area contributed by atoms with Crippen LogP contribution in [0.2, 0.25) is 0 Å². The Hall–Kier alpha value is -4.27. The van der Waals surface area contributed by atoms with Crippen molar-refractivity contribution in [3.63, 3.8) is 0 Å². The van der Waals surface area contributed by atoms with Crippen LogP contribution in [0.25, 0.3) is 0 Å². The molecule has 0 atom stereocenters. The number of anilines is 1. The lowest BCUT2D eigenvalue weighted by Gasteiger charge is -2.13. The van der Waals surface area contributed by atoms with Crippen LogP contribution in [-0.4, -0.2) is 22.4 Å². The molecule has 9 nitrogen and oxygen atoms in total. The van der Waals surface area contributed by atoms with E-state index in [1.165, 1.54) is 24.3 Å². The van der Waals surface area contributed by atoms with Crippen molar-refractivity contribution in [3.8, 4) is 0 Å². The van der Waals surface area contributed by atoms with Gasteiger partial charge in [0.2, 0.25) is 0 Å². The highest BCUT2D eigenvalue weighted by Gasteiger charge is 2.28. The van der Waals surface area contributed by atoms with Crippen LogP contribution in [0.4, 0.5) is 11.4 Å². The zero-order chi connectivity index (χ0) is 24.4. The number of fused-ring (bicyclic) bond motifs is 1. The molecule has 0 saturated heterocycles. The predicted molar refractivity (Wildman–Crippen MR) is 127 cm³/mol. The van der Waals surface area contributed by atoms with Crippen LogP contribution in [0.3, 0.4) is 0 Å². The molecule has 0 unspecified atom stereocenters. The van der Waals surface area contributed by atoms with E-state index in [9.17, 15) is 19.7 Å². The molecule has 1 aliphatic carbocycles. The smallest absolute Gasteiger partial charge is 0.291 e. The number of furan rings is 1. The number of hydrogen-bond donors (Lipinski definition) is 2. The Morgan fingerprint density at radius 2 is 1.82 bits per heavy atom.